The molecule has 0 bridgehead atoms. The minimum atomic E-state index is -0.372. The third-order valence-corrected chi connectivity index (χ3v) is 1.27. The summed E-state index contributed by atoms with van der Waals surface area (Å²) in [5.74, 6) is -0.515. The molecule has 0 fully saturated rings. The van der Waals surface area contributed by atoms with Crippen molar-refractivity contribution >= 4 is 11.9 Å². The summed E-state index contributed by atoms with van der Waals surface area (Å²) >= 11 is 0. The van der Waals surface area contributed by atoms with E-state index in [0.717, 1.165) is 0 Å². The van der Waals surface area contributed by atoms with Crippen molar-refractivity contribution in [3.05, 3.63) is 0 Å². The van der Waals surface area contributed by atoms with Crippen LogP contribution in [-0.4, -0.2) is 36.5 Å². The Balaban J connectivity index is 3.77. The summed E-state index contributed by atoms with van der Waals surface area (Å²) in [4.78, 5) is 22.9. The maximum atomic E-state index is 11.0. The number of carbonyl (C=O) groups is 2. The lowest BCUT2D eigenvalue weighted by Crippen LogP contribution is -2.32. The number of esters is 1. The van der Waals surface area contributed by atoms with Crippen molar-refractivity contribution < 1.29 is 14.3 Å². The highest BCUT2D eigenvalue weighted by molar-refractivity contribution is 5.80. The second-order valence-corrected chi connectivity index (χ2v) is 2.91. The molecule has 0 aliphatic heterocycles. The zero-order valence-electron chi connectivity index (χ0n) is 7.96. The van der Waals surface area contributed by atoms with Crippen LogP contribution >= 0.6 is 0 Å². The topological polar surface area (TPSA) is 46.6 Å². The Labute approximate surface area is 72.5 Å². The quantitative estimate of drug-likeness (QED) is 0.581. The Bertz CT molecular complexity index is 177. The van der Waals surface area contributed by atoms with Crippen molar-refractivity contribution in [1.29, 1.82) is 0 Å². The van der Waals surface area contributed by atoms with Gasteiger partial charge in [-0.1, -0.05) is 0 Å². The zero-order valence-corrected chi connectivity index (χ0v) is 7.96. The Morgan fingerprint density at radius 2 is 1.92 bits per heavy atom. The second-order valence-electron chi connectivity index (χ2n) is 2.91. The number of nitrogens with zero attached hydrogens (tertiary/aromatic N) is 1. The molecule has 0 N–H and O–H groups in total. The van der Waals surface area contributed by atoms with E-state index in [2.05, 4.69) is 0 Å². The van der Waals surface area contributed by atoms with Gasteiger partial charge in [-0.25, -0.2) is 0 Å². The van der Waals surface area contributed by atoms with Crippen LogP contribution in [0.4, 0.5) is 0 Å². The summed E-state index contributed by atoms with van der Waals surface area (Å²) in [6, 6.07) is 0. The maximum absolute atomic E-state index is 11.0. The molecule has 0 saturated heterocycles. The van der Waals surface area contributed by atoms with Gasteiger partial charge in [0.1, 0.15) is 6.54 Å². The predicted octanol–water partition coefficient (Wildman–Crippen LogP) is 0.416. The summed E-state index contributed by atoms with van der Waals surface area (Å²) < 4.78 is 4.84. The van der Waals surface area contributed by atoms with E-state index in [1.807, 2.05) is 0 Å². The number of rotatable bonds is 3. The second kappa shape index (κ2) is 4.74. The van der Waals surface area contributed by atoms with E-state index in [1.165, 1.54) is 11.8 Å². The fourth-order valence-corrected chi connectivity index (χ4v) is 0.605. The first-order valence-corrected chi connectivity index (χ1v) is 3.84. The SMILES string of the molecule is CC(=O)N(C)CC(=O)OC(C)C. The summed E-state index contributed by atoms with van der Waals surface area (Å²) in [6.45, 7) is 4.97. The monoisotopic (exact) mass is 173 g/mol. The zero-order chi connectivity index (χ0) is 9.72. The first-order chi connectivity index (χ1) is 5.43. The molecule has 0 aromatic rings. The number of likely N-dealkylation sites (N-methyl/N-ethyl adjacent to an activating group) is 1. The van der Waals surface area contributed by atoms with Gasteiger partial charge < -0.3 is 9.64 Å². The standard InChI is InChI=1S/C8H15NO3/c1-6(2)12-8(11)5-9(4)7(3)10/h6H,5H2,1-4H3. The molecule has 4 nitrogen and oxygen atoms in total. The lowest BCUT2D eigenvalue weighted by Gasteiger charge is -2.14. The molecule has 0 aliphatic carbocycles. The van der Waals surface area contributed by atoms with E-state index in [0.29, 0.717) is 0 Å². The highest BCUT2D eigenvalue weighted by atomic mass is 16.5. The van der Waals surface area contributed by atoms with Crippen LogP contribution in [0, 0.1) is 0 Å². The summed E-state index contributed by atoms with van der Waals surface area (Å²) in [7, 11) is 1.56. The van der Waals surface area contributed by atoms with Crippen LogP contribution in [0.1, 0.15) is 20.8 Å². The van der Waals surface area contributed by atoms with Gasteiger partial charge >= 0.3 is 5.97 Å². The van der Waals surface area contributed by atoms with Crippen LogP contribution in [-0.2, 0) is 14.3 Å². The van der Waals surface area contributed by atoms with Gasteiger partial charge in [-0.2, -0.15) is 0 Å². The van der Waals surface area contributed by atoms with E-state index in [9.17, 15) is 9.59 Å². The van der Waals surface area contributed by atoms with Crippen LogP contribution in [0.15, 0.2) is 0 Å². The van der Waals surface area contributed by atoms with E-state index in [4.69, 9.17) is 4.74 Å². The predicted molar refractivity (Wildman–Crippen MR) is 44.5 cm³/mol. The van der Waals surface area contributed by atoms with Gasteiger partial charge in [-0.15, -0.1) is 0 Å². The molecular weight excluding hydrogens is 158 g/mol. The van der Waals surface area contributed by atoms with Crippen molar-refractivity contribution in [3.63, 3.8) is 0 Å². The molecule has 0 spiro atoms. The van der Waals surface area contributed by atoms with Gasteiger partial charge in [0, 0.05) is 14.0 Å². The average Bonchev–Trinajstić information content (AvgIpc) is 1.84. The molecule has 0 heterocycles. The fraction of sp³-hybridized carbons (Fsp3) is 0.750. The molecule has 0 saturated carbocycles. The van der Waals surface area contributed by atoms with Gasteiger partial charge in [0.05, 0.1) is 6.10 Å². The molecule has 0 aromatic carbocycles. The minimum Gasteiger partial charge on any atom is -0.462 e. The molecular formula is C8H15NO3. The van der Waals surface area contributed by atoms with Crippen LogP contribution in [0.3, 0.4) is 0 Å². The van der Waals surface area contributed by atoms with E-state index in [1.54, 1.807) is 20.9 Å². The number of amides is 1. The molecule has 4 heteroatoms. The molecule has 0 unspecified atom stereocenters. The van der Waals surface area contributed by atoms with Gasteiger partial charge in [0.25, 0.3) is 0 Å². The van der Waals surface area contributed by atoms with Crippen molar-refractivity contribution in [2.75, 3.05) is 13.6 Å². The maximum Gasteiger partial charge on any atom is 0.325 e. The Hall–Kier alpha value is -1.06. The summed E-state index contributed by atoms with van der Waals surface area (Å²) in [5.41, 5.74) is 0. The van der Waals surface area contributed by atoms with Crippen LogP contribution in [0.5, 0.6) is 0 Å². The lowest BCUT2D eigenvalue weighted by atomic mass is 10.4. The van der Waals surface area contributed by atoms with Crippen molar-refractivity contribution in [2.45, 2.75) is 26.9 Å². The molecule has 0 radical (unpaired) electrons. The smallest absolute Gasteiger partial charge is 0.325 e. The third kappa shape index (κ3) is 4.71. The largest absolute Gasteiger partial charge is 0.462 e. The highest BCUT2D eigenvalue weighted by Gasteiger charge is 2.10. The van der Waals surface area contributed by atoms with Gasteiger partial charge in [-0.05, 0) is 13.8 Å². The van der Waals surface area contributed by atoms with E-state index >= 15 is 0 Å². The highest BCUT2D eigenvalue weighted by Crippen LogP contribution is 1.91. The Morgan fingerprint density at radius 1 is 1.42 bits per heavy atom. The van der Waals surface area contributed by atoms with Crippen LogP contribution in [0.2, 0.25) is 0 Å². The lowest BCUT2D eigenvalue weighted by molar-refractivity contribution is -0.151. The number of hydrogen-bond donors (Lipinski definition) is 0. The Morgan fingerprint density at radius 3 is 2.25 bits per heavy atom. The third-order valence-electron chi connectivity index (χ3n) is 1.27. The van der Waals surface area contributed by atoms with Gasteiger partial charge in [0.2, 0.25) is 5.91 Å². The molecule has 0 aliphatic rings. The average molecular weight is 173 g/mol. The van der Waals surface area contributed by atoms with Crippen molar-refractivity contribution in [3.8, 4) is 0 Å². The number of ether oxygens (including phenoxy) is 1. The molecule has 0 rings (SSSR count). The van der Waals surface area contributed by atoms with Gasteiger partial charge in [0.15, 0.2) is 0 Å². The number of hydrogen-bond acceptors (Lipinski definition) is 3. The minimum absolute atomic E-state index is 0.0213. The van der Waals surface area contributed by atoms with E-state index < -0.39 is 0 Å². The normalized spacial score (nSPS) is 9.75. The molecule has 70 valence electrons. The van der Waals surface area contributed by atoms with Crippen LogP contribution in [0.25, 0.3) is 0 Å². The summed E-state index contributed by atoms with van der Waals surface area (Å²) in [6.07, 6.45) is -0.127. The number of carbonyl (C=O) groups excluding carboxylic acids is 2. The molecule has 0 atom stereocenters. The molecule has 1 amide bonds. The van der Waals surface area contributed by atoms with E-state index in [-0.39, 0.29) is 24.5 Å². The first kappa shape index (κ1) is 10.9. The van der Waals surface area contributed by atoms with Crippen molar-refractivity contribution in [1.82, 2.24) is 4.90 Å². The van der Waals surface area contributed by atoms with Crippen LogP contribution < -0.4 is 0 Å². The molecule has 0 aromatic heterocycles. The first-order valence-electron chi connectivity index (χ1n) is 3.84. The Kier molecular flexibility index (Phi) is 4.33. The summed E-state index contributed by atoms with van der Waals surface area (Å²) in [5, 5.41) is 0. The van der Waals surface area contributed by atoms with Crippen molar-refractivity contribution in [2.24, 2.45) is 0 Å². The fourth-order valence-electron chi connectivity index (χ4n) is 0.605. The molecule has 12 heavy (non-hydrogen) atoms. The van der Waals surface area contributed by atoms with Gasteiger partial charge in [-0.3, -0.25) is 9.59 Å².